The third-order valence-corrected chi connectivity index (χ3v) is 0.643. The highest BCUT2D eigenvalue weighted by atomic mass is 16.1. The molecule has 0 saturated heterocycles. The molecule has 0 heterocycles. The van der Waals surface area contributed by atoms with Gasteiger partial charge >= 0.3 is 0 Å². The van der Waals surface area contributed by atoms with Gasteiger partial charge in [0.15, 0.2) is 0 Å². The summed E-state index contributed by atoms with van der Waals surface area (Å²) in [5.74, 6) is 1.73. The van der Waals surface area contributed by atoms with Crippen molar-refractivity contribution in [3.63, 3.8) is 0 Å². The Hall–Kier alpha value is -1.07. The van der Waals surface area contributed by atoms with Crippen molar-refractivity contribution in [1.29, 1.82) is 0 Å². The van der Waals surface area contributed by atoms with E-state index in [0.29, 0.717) is 5.57 Å². The van der Waals surface area contributed by atoms with Gasteiger partial charge in [-0.15, -0.1) is 0 Å². The van der Waals surface area contributed by atoms with Crippen molar-refractivity contribution in [1.82, 2.24) is 0 Å². The van der Waals surface area contributed by atoms with E-state index < -0.39 is 0 Å². The Morgan fingerprint density at radius 3 is 2.75 bits per heavy atom. The van der Waals surface area contributed by atoms with Crippen LogP contribution in [0.5, 0.6) is 0 Å². The molecule has 0 amide bonds. The minimum Gasteiger partial charge on any atom is -0.233 e. The summed E-state index contributed by atoms with van der Waals surface area (Å²) in [5.41, 5.74) is 0.588. The van der Waals surface area contributed by atoms with E-state index in [-0.39, 0.29) is 0 Å². The summed E-state index contributed by atoms with van der Waals surface area (Å²) in [7, 11) is 0. The number of carbonyl (C=O) groups excluding carboxylic acids is 1. The molecular formula is C7H8O. The van der Waals surface area contributed by atoms with Crippen LogP contribution < -0.4 is 0 Å². The second-order valence-corrected chi connectivity index (χ2v) is 1.38. The summed E-state index contributed by atoms with van der Waals surface area (Å²) < 4.78 is 0. The van der Waals surface area contributed by atoms with E-state index >= 15 is 0 Å². The fourth-order valence-corrected chi connectivity index (χ4v) is 0.246. The molecule has 0 N–H and O–H groups in total. The zero-order valence-electron chi connectivity index (χ0n) is 4.85. The molecule has 0 aromatic carbocycles. The Bertz CT molecular complexity index is 148. The topological polar surface area (TPSA) is 17.1 Å². The van der Waals surface area contributed by atoms with Gasteiger partial charge in [-0.25, -0.2) is 4.79 Å². The second kappa shape index (κ2) is 4.10. The average Bonchev–Trinajstić information content (AvgIpc) is 1.83. The Kier molecular flexibility index (Phi) is 3.55. The van der Waals surface area contributed by atoms with Crippen LogP contribution in [-0.2, 0) is 4.79 Å². The van der Waals surface area contributed by atoms with Gasteiger partial charge in [0.1, 0.15) is 5.94 Å². The normalized spacial score (nSPS) is 8.62. The van der Waals surface area contributed by atoms with E-state index in [0.717, 1.165) is 0 Å². The van der Waals surface area contributed by atoms with Crippen molar-refractivity contribution < 1.29 is 4.79 Å². The zero-order valence-corrected chi connectivity index (χ0v) is 4.85. The van der Waals surface area contributed by atoms with Gasteiger partial charge in [-0.3, -0.25) is 0 Å². The maximum Gasteiger partial charge on any atom is 0.127 e. The molecule has 0 aliphatic rings. The minimum absolute atomic E-state index is 0.588. The van der Waals surface area contributed by atoms with E-state index in [4.69, 9.17) is 0 Å². The van der Waals surface area contributed by atoms with Crippen molar-refractivity contribution in [2.75, 3.05) is 0 Å². The van der Waals surface area contributed by atoms with Crippen molar-refractivity contribution in [2.24, 2.45) is 0 Å². The molecule has 0 unspecified atom stereocenters. The van der Waals surface area contributed by atoms with Gasteiger partial charge < -0.3 is 0 Å². The molecule has 1 nitrogen and oxygen atoms in total. The highest BCUT2D eigenvalue weighted by Gasteiger charge is 1.73. The Balaban J connectivity index is 3.89. The molecule has 0 aromatic rings. The molecule has 42 valence electrons. The number of rotatable bonds is 2. The van der Waals surface area contributed by atoms with Gasteiger partial charge in [-0.2, -0.15) is 0 Å². The van der Waals surface area contributed by atoms with Crippen molar-refractivity contribution in [2.45, 2.75) is 6.92 Å². The summed E-state index contributed by atoms with van der Waals surface area (Å²) >= 11 is 0. The highest BCUT2D eigenvalue weighted by Crippen LogP contribution is 1.85. The van der Waals surface area contributed by atoms with E-state index in [1.807, 2.05) is 0 Å². The summed E-state index contributed by atoms with van der Waals surface area (Å²) in [4.78, 5) is 9.76. The molecule has 0 aliphatic carbocycles. The lowest BCUT2D eigenvalue weighted by molar-refractivity contribution is 0.567. The molecule has 0 rings (SSSR count). The van der Waals surface area contributed by atoms with Crippen LogP contribution in [0.25, 0.3) is 0 Å². The summed E-state index contributed by atoms with van der Waals surface area (Å²) in [6, 6.07) is 0. The number of hydrogen-bond donors (Lipinski definition) is 0. The predicted octanol–water partition coefficient (Wildman–Crippen LogP) is 1.51. The monoisotopic (exact) mass is 108 g/mol. The van der Waals surface area contributed by atoms with Gasteiger partial charge in [-0.1, -0.05) is 18.7 Å². The maximum absolute atomic E-state index is 9.76. The van der Waals surface area contributed by atoms with Gasteiger partial charge in [0.05, 0.1) is 0 Å². The van der Waals surface area contributed by atoms with Crippen molar-refractivity contribution in [3.05, 3.63) is 30.4 Å². The zero-order chi connectivity index (χ0) is 6.41. The van der Waals surface area contributed by atoms with E-state index in [2.05, 4.69) is 6.58 Å². The predicted molar refractivity (Wildman–Crippen MR) is 34.2 cm³/mol. The quantitative estimate of drug-likeness (QED) is 0.387. The molecule has 1 heteroatoms. The minimum atomic E-state index is 0.588. The largest absolute Gasteiger partial charge is 0.233 e. The third-order valence-electron chi connectivity index (χ3n) is 0.643. The SMILES string of the molecule is C=C/C=C/C(C)=C=O. The molecular weight excluding hydrogens is 100 g/mol. The molecule has 0 bridgehead atoms. The smallest absolute Gasteiger partial charge is 0.127 e. The molecule has 0 saturated carbocycles. The van der Waals surface area contributed by atoms with Crippen LogP contribution in [0.4, 0.5) is 0 Å². The number of allylic oxidation sites excluding steroid dienone is 4. The fraction of sp³-hybridized carbons (Fsp3) is 0.143. The van der Waals surface area contributed by atoms with Crippen LogP contribution in [0.15, 0.2) is 30.4 Å². The van der Waals surface area contributed by atoms with Crippen LogP contribution >= 0.6 is 0 Å². The maximum atomic E-state index is 9.76. The Morgan fingerprint density at radius 1 is 1.75 bits per heavy atom. The molecule has 0 spiro atoms. The van der Waals surface area contributed by atoms with Crippen LogP contribution in [0, 0.1) is 0 Å². The Labute approximate surface area is 49.0 Å². The fourth-order valence-electron chi connectivity index (χ4n) is 0.246. The van der Waals surface area contributed by atoms with Crippen LogP contribution in [-0.4, -0.2) is 5.94 Å². The van der Waals surface area contributed by atoms with Gasteiger partial charge in [0, 0.05) is 5.57 Å². The van der Waals surface area contributed by atoms with E-state index in [1.54, 1.807) is 31.1 Å². The highest BCUT2D eigenvalue weighted by molar-refractivity contribution is 5.56. The third kappa shape index (κ3) is 3.13. The van der Waals surface area contributed by atoms with Crippen molar-refractivity contribution >= 4 is 5.94 Å². The first-order valence-corrected chi connectivity index (χ1v) is 2.32. The lowest BCUT2D eigenvalue weighted by atomic mass is 10.3. The Morgan fingerprint density at radius 2 is 2.38 bits per heavy atom. The molecule has 0 aromatic heterocycles. The van der Waals surface area contributed by atoms with Crippen molar-refractivity contribution in [3.8, 4) is 0 Å². The summed E-state index contributed by atoms with van der Waals surface area (Å²) in [6.45, 7) is 5.12. The van der Waals surface area contributed by atoms with E-state index in [9.17, 15) is 4.79 Å². The second-order valence-electron chi connectivity index (χ2n) is 1.38. The van der Waals surface area contributed by atoms with E-state index in [1.165, 1.54) is 0 Å². The van der Waals surface area contributed by atoms with Gasteiger partial charge in [0.25, 0.3) is 0 Å². The molecule has 8 heavy (non-hydrogen) atoms. The number of hydrogen-bond acceptors (Lipinski definition) is 1. The molecule has 0 aliphatic heterocycles. The first kappa shape index (κ1) is 6.93. The first-order chi connectivity index (χ1) is 3.81. The van der Waals surface area contributed by atoms with Crippen LogP contribution in [0.2, 0.25) is 0 Å². The molecule has 0 atom stereocenters. The lowest BCUT2D eigenvalue weighted by Crippen LogP contribution is -1.63. The average molecular weight is 108 g/mol. The molecule has 0 radical (unpaired) electrons. The van der Waals surface area contributed by atoms with Gasteiger partial charge in [-0.05, 0) is 13.0 Å². The molecule has 0 fully saturated rings. The standard InChI is InChI=1S/C7H8O/c1-3-4-5-7(2)6-8/h3-5H,1H2,2H3/b5-4+. The first-order valence-electron chi connectivity index (χ1n) is 2.32. The lowest BCUT2D eigenvalue weighted by Gasteiger charge is -1.74. The summed E-state index contributed by atoms with van der Waals surface area (Å²) in [6.07, 6.45) is 4.96. The van der Waals surface area contributed by atoms with Crippen LogP contribution in [0.1, 0.15) is 6.92 Å². The summed E-state index contributed by atoms with van der Waals surface area (Å²) in [5, 5.41) is 0. The van der Waals surface area contributed by atoms with Gasteiger partial charge in [0.2, 0.25) is 0 Å². The van der Waals surface area contributed by atoms with Crippen LogP contribution in [0.3, 0.4) is 0 Å².